The summed E-state index contributed by atoms with van der Waals surface area (Å²) >= 11 is 6.03. The molecule has 1 amide bonds. The number of amides is 1. The maximum atomic E-state index is 11.7. The summed E-state index contributed by atoms with van der Waals surface area (Å²) in [4.78, 5) is 16.5. The molecule has 2 saturated carbocycles. The number of hydrogen-bond acceptors (Lipinski definition) is 2. The van der Waals surface area contributed by atoms with Crippen molar-refractivity contribution in [3.05, 3.63) is 34.9 Å². The third-order valence-electron chi connectivity index (χ3n) is 5.32. The molecule has 3 N–H and O–H groups in total. The maximum absolute atomic E-state index is 11.7. The van der Waals surface area contributed by atoms with E-state index >= 15 is 0 Å². The van der Waals surface area contributed by atoms with Crippen LogP contribution in [0.1, 0.15) is 44.6 Å². The SMILES string of the molecule is CCNC(=NCC1(c2ccc(Cl)cc2)CCC1)NCCNC(=O)C1CC1.I. The van der Waals surface area contributed by atoms with Gasteiger partial charge in [-0.05, 0) is 50.3 Å². The Balaban J connectivity index is 0.00000261. The molecule has 0 aliphatic heterocycles. The number of nitrogens with zero attached hydrogens (tertiary/aromatic N) is 1. The fraction of sp³-hybridized carbons (Fsp3) is 0.600. The van der Waals surface area contributed by atoms with E-state index in [4.69, 9.17) is 16.6 Å². The minimum Gasteiger partial charge on any atom is -0.357 e. The second-order valence-electron chi connectivity index (χ2n) is 7.33. The standard InChI is InChI=1S/C20H29ClN4O.HI/c1-2-22-19(24-13-12-23-18(26)15-4-5-15)25-14-20(10-3-11-20)16-6-8-17(21)9-7-16;/h6-9,15H,2-5,10-14H2,1H3,(H,23,26)(H2,22,24,25);1H. The molecular formula is C20H30ClIN4O. The van der Waals surface area contributed by atoms with E-state index in [1.54, 1.807) is 0 Å². The van der Waals surface area contributed by atoms with Crippen LogP contribution in [0.5, 0.6) is 0 Å². The van der Waals surface area contributed by atoms with Gasteiger partial charge in [0.05, 0.1) is 6.54 Å². The van der Waals surface area contributed by atoms with Crippen LogP contribution in [0.15, 0.2) is 29.3 Å². The second kappa shape index (κ2) is 10.5. The molecule has 2 fully saturated rings. The van der Waals surface area contributed by atoms with Gasteiger partial charge in [0.25, 0.3) is 0 Å². The molecule has 0 unspecified atom stereocenters. The number of nitrogens with one attached hydrogen (secondary N) is 3. The van der Waals surface area contributed by atoms with Gasteiger partial charge in [0.2, 0.25) is 5.91 Å². The molecule has 0 aromatic heterocycles. The number of guanidine groups is 1. The molecule has 0 atom stereocenters. The molecule has 0 bridgehead atoms. The molecule has 5 nitrogen and oxygen atoms in total. The number of carbonyl (C=O) groups excluding carboxylic acids is 1. The van der Waals surface area contributed by atoms with Crippen molar-refractivity contribution in [2.24, 2.45) is 10.9 Å². The van der Waals surface area contributed by atoms with Gasteiger partial charge in [-0.25, -0.2) is 0 Å². The lowest BCUT2D eigenvalue weighted by Gasteiger charge is -2.41. The normalized spacial score (nSPS) is 18.1. The summed E-state index contributed by atoms with van der Waals surface area (Å²) in [5.74, 6) is 1.26. The van der Waals surface area contributed by atoms with Crippen molar-refractivity contribution in [3.8, 4) is 0 Å². The van der Waals surface area contributed by atoms with Gasteiger partial charge in [-0.3, -0.25) is 9.79 Å². The highest BCUT2D eigenvalue weighted by Gasteiger charge is 2.38. The molecule has 2 aliphatic rings. The van der Waals surface area contributed by atoms with Gasteiger partial charge >= 0.3 is 0 Å². The molecule has 7 heteroatoms. The van der Waals surface area contributed by atoms with E-state index in [0.29, 0.717) is 13.1 Å². The summed E-state index contributed by atoms with van der Waals surface area (Å²) in [6.45, 7) is 4.94. The smallest absolute Gasteiger partial charge is 0.223 e. The van der Waals surface area contributed by atoms with Gasteiger partial charge in [-0.2, -0.15) is 0 Å². The van der Waals surface area contributed by atoms with Crippen molar-refractivity contribution in [2.75, 3.05) is 26.2 Å². The van der Waals surface area contributed by atoms with Gasteiger partial charge in [0.15, 0.2) is 5.96 Å². The van der Waals surface area contributed by atoms with Gasteiger partial charge in [0, 0.05) is 36.0 Å². The second-order valence-corrected chi connectivity index (χ2v) is 7.76. The molecule has 1 aromatic rings. The third kappa shape index (κ3) is 6.24. The highest BCUT2D eigenvalue weighted by molar-refractivity contribution is 14.0. The van der Waals surface area contributed by atoms with Gasteiger partial charge in [-0.1, -0.05) is 30.2 Å². The van der Waals surface area contributed by atoms with Crippen LogP contribution in [0, 0.1) is 5.92 Å². The Kier molecular flexibility index (Phi) is 8.66. The van der Waals surface area contributed by atoms with Crippen LogP contribution in [-0.2, 0) is 10.2 Å². The Hall–Kier alpha value is -1.02. The van der Waals surface area contributed by atoms with Crippen molar-refractivity contribution < 1.29 is 4.79 Å². The van der Waals surface area contributed by atoms with Crippen LogP contribution in [0.3, 0.4) is 0 Å². The first-order valence-corrected chi connectivity index (χ1v) is 10.1. The Morgan fingerprint density at radius 1 is 1.15 bits per heavy atom. The van der Waals surface area contributed by atoms with Crippen molar-refractivity contribution in [1.29, 1.82) is 0 Å². The van der Waals surface area contributed by atoms with Gasteiger partial charge in [-0.15, -0.1) is 24.0 Å². The van der Waals surface area contributed by atoms with Crippen LogP contribution in [-0.4, -0.2) is 38.0 Å². The van der Waals surface area contributed by atoms with E-state index in [9.17, 15) is 4.79 Å². The molecular weight excluding hydrogens is 475 g/mol. The summed E-state index contributed by atoms with van der Waals surface area (Å²) < 4.78 is 0. The van der Waals surface area contributed by atoms with Gasteiger partial charge in [0.1, 0.15) is 0 Å². The molecule has 150 valence electrons. The molecule has 0 spiro atoms. The van der Waals surface area contributed by atoms with Crippen molar-refractivity contribution in [3.63, 3.8) is 0 Å². The largest absolute Gasteiger partial charge is 0.357 e. The van der Waals surface area contributed by atoms with Crippen molar-refractivity contribution in [2.45, 2.75) is 44.4 Å². The topological polar surface area (TPSA) is 65.5 Å². The third-order valence-corrected chi connectivity index (χ3v) is 5.57. The van der Waals surface area contributed by atoms with E-state index in [1.807, 2.05) is 12.1 Å². The van der Waals surface area contributed by atoms with Crippen LogP contribution >= 0.6 is 35.6 Å². The first-order valence-electron chi connectivity index (χ1n) is 9.69. The van der Waals surface area contributed by atoms with E-state index in [-0.39, 0.29) is 41.2 Å². The summed E-state index contributed by atoms with van der Waals surface area (Å²) in [6.07, 6.45) is 5.64. The lowest BCUT2D eigenvalue weighted by molar-refractivity contribution is -0.122. The minimum atomic E-state index is 0. The molecule has 2 aliphatic carbocycles. The number of halogens is 2. The summed E-state index contributed by atoms with van der Waals surface area (Å²) in [6, 6.07) is 8.19. The Morgan fingerprint density at radius 2 is 1.81 bits per heavy atom. The first-order chi connectivity index (χ1) is 12.6. The molecule has 0 radical (unpaired) electrons. The zero-order chi connectivity index (χ0) is 18.4. The monoisotopic (exact) mass is 504 g/mol. The molecule has 0 heterocycles. The highest BCUT2D eigenvalue weighted by atomic mass is 127. The fourth-order valence-corrected chi connectivity index (χ4v) is 3.50. The number of hydrogen-bond donors (Lipinski definition) is 3. The summed E-state index contributed by atoms with van der Waals surface area (Å²) in [5, 5.41) is 10.4. The first kappa shape index (κ1) is 22.3. The van der Waals surface area contributed by atoms with E-state index < -0.39 is 0 Å². The lowest BCUT2D eigenvalue weighted by atomic mass is 9.64. The zero-order valence-electron chi connectivity index (χ0n) is 15.9. The number of rotatable bonds is 8. The van der Waals surface area contributed by atoms with Crippen LogP contribution in [0.4, 0.5) is 0 Å². The molecule has 27 heavy (non-hydrogen) atoms. The number of aliphatic imine (C=N–C) groups is 1. The highest BCUT2D eigenvalue weighted by Crippen LogP contribution is 2.44. The zero-order valence-corrected chi connectivity index (χ0v) is 19.0. The van der Waals surface area contributed by atoms with E-state index in [0.717, 1.165) is 49.8 Å². The summed E-state index contributed by atoms with van der Waals surface area (Å²) in [7, 11) is 0. The molecule has 0 saturated heterocycles. The number of carbonyl (C=O) groups is 1. The predicted molar refractivity (Wildman–Crippen MR) is 122 cm³/mol. The lowest BCUT2D eigenvalue weighted by Crippen LogP contribution is -2.44. The van der Waals surface area contributed by atoms with Crippen molar-refractivity contribution in [1.82, 2.24) is 16.0 Å². The van der Waals surface area contributed by atoms with Crippen molar-refractivity contribution >= 4 is 47.4 Å². The molecule has 3 rings (SSSR count). The predicted octanol–water partition coefficient (Wildman–Crippen LogP) is 3.46. The fourth-order valence-electron chi connectivity index (χ4n) is 3.37. The number of benzene rings is 1. The van der Waals surface area contributed by atoms with Crippen LogP contribution in [0.25, 0.3) is 0 Å². The average Bonchev–Trinajstić information content (AvgIpc) is 3.44. The maximum Gasteiger partial charge on any atom is 0.223 e. The van der Waals surface area contributed by atoms with Crippen LogP contribution in [0.2, 0.25) is 5.02 Å². The Labute approximate surface area is 184 Å². The average molecular weight is 505 g/mol. The van der Waals surface area contributed by atoms with E-state index in [2.05, 4.69) is 35.0 Å². The van der Waals surface area contributed by atoms with E-state index in [1.165, 1.54) is 12.0 Å². The van der Waals surface area contributed by atoms with Gasteiger partial charge < -0.3 is 16.0 Å². The Morgan fingerprint density at radius 3 is 2.37 bits per heavy atom. The van der Waals surface area contributed by atoms with Crippen LogP contribution < -0.4 is 16.0 Å². The quantitative estimate of drug-likeness (QED) is 0.220. The minimum absolute atomic E-state index is 0. The summed E-state index contributed by atoms with van der Waals surface area (Å²) in [5.41, 5.74) is 1.46. The Bertz CT molecular complexity index is 642. The molecule has 1 aromatic carbocycles.